The van der Waals surface area contributed by atoms with Gasteiger partial charge in [-0.3, -0.25) is 0 Å². The number of unbranched alkanes of at least 4 members (excludes halogenated alkanes) is 2. The van der Waals surface area contributed by atoms with Crippen LogP contribution in [0.4, 0.5) is 0 Å². The molecule has 0 spiro atoms. The lowest BCUT2D eigenvalue weighted by atomic mass is 9.93. The Balaban J connectivity index is 2.74. The second-order valence-corrected chi connectivity index (χ2v) is 4.51. The smallest absolute Gasteiger partial charge is 0.337 e. The predicted molar refractivity (Wildman–Crippen MR) is 68.8 cm³/mol. The van der Waals surface area contributed by atoms with Crippen molar-refractivity contribution in [2.75, 3.05) is 13.7 Å². The molecule has 0 aromatic carbocycles. The van der Waals surface area contributed by atoms with E-state index in [9.17, 15) is 4.79 Å². The van der Waals surface area contributed by atoms with Gasteiger partial charge in [0.05, 0.1) is 18.1 Å². The highest BCUT2D eigenvalue weighted by Crippen LogP contribution is 2.35. The van der Waals surface area contributed by atoms with Crippen molar-refractivity contribution < 1.29 is 19.0 Å². The van der Waals surface area contributed by atoms with Crippen molar-refractivity contribution in [3.63, 3.8) is 0 Å². The molecule has 4 nitrogen and oxygen atoms in total. The zero-order valence-electron chi connectivity index (χ0n) is 11.8. The summed E-state index contributed by atoms with van der Waals surface area (Å²) in [6.45, 7) is 6.16. The molecule has 1 rings (SSSR count). The van der Waals surface area contributed by atoms with Crippen molar-refractivity contribution in [2.24, 2.45) is 5.92 Å². The van der Waals surface area contributed by atoms with Gasteiger partial charge in [0.1, 0.15) is 5.76 Å². The van der Waals surface area contributed by atoms with E-state index in [-0.39, 0.29) is 18.2 Å². The van der Waals surface area contributed by atoms with Gasteiger partial charge >= 0.3 is 5.97 Å². The molecule has 0 amide bonds. The lowest BCUT2D eigenvalue weighted by Gasteiger charge is -2.19. The fraction of sp³-hybridized carbons (Fsp3) is 0.786. The third kappa shape index (κ3) is 3.48. The second kappa shape index (κ2) is 7.41. The largest absolute Gasteiger partial charge is 0.468 e. The highest BCUT2D eigenvalue weighted by atomic mass is 16.7. The highest BCUT2D eigenvalue weighted by Gasteiger charge is 2.39. The number of rotatable bonds is 7. The molecule has 4 heteroatoms. The van der Waals surface area contributed by atoms with Gasteiger partial charge in [-0.15, -0.1) is 0 Å². The van der Waals surface area contributed by atoms with E-state index in [1.54, 1.807) is 14.0 Å². The van der Waals surface area contributed by atoms with Crippen molar-refractivity contribution in [2.45, 2.75) is 52.7 Å². The van der Waals surface area contributed by atoms with E-state index in [0.29, 0.717) is 17.9 Å². The van der Waals surface area contributed by atoms with E-state index in [1.165, 1.54) is 0 Å². The second-order valence-electron chi connectivity index (χ2n) is 4.51. The van der Waals surface area contributed by atoms with Crippen molar-refractivity contribution in [1.82, 2.24) is 0 Å². The van der Waals surface area contributed by atoms with Crippen molar-refractivity contribution in [3.05, 3.63) is 11.3 Å². The summed E-state index contributed by atoms with van der Waals surface area (Å²) >= 11 is 0. The van der Waals surface area contributed by atoms with Gasteiger partial charge in [-0.25, -0.2) is 4.79 Å². The van der Waals surface area contributed by atoms with Crippen LogP contribution in [0.2, 0.25) is 0 Å². The van der Waals surface area contributed by atoms with Gasteiger partial charge in [0.15, 0.2) is 0 Å². The van der Waals surface area contributed by atoms with Crippen LogP contribution in [0.3, 0.4) is 0 Å². The minimum atomic E-state index is -0.346. The molecule has 0 bridgehead atoms. The Morgan fingerprint density at radius 3 is 2.61 bits per heavy atom. The number of hydrogen-bond donors (Lipinski definition) is 0. The predicted octanol–water partition coefficient (Wildman–Crippen LogP) is 3.02. The molecule has 0 N–H and O–H groups in total. The van der Waals surface area contributed by atoms with E-state index in [4.69, 9.17) is 14.2 Å². The molecule has 0 aromatic rings. The third-order valence-corrected chi connectivity index (χ3v) is 3.22. The number of allylic oxidation sites excluding steroid dienone is 1. The van der Waals surface area contributed by atoms with Crippen LogP contribution >= 0.6 is 0 Å². The van der Waals surface area contributed by atoms with E-state index in [0.717, 1.165) is 25.7 Å². The molecule has 2 unspecified atom stereocenters. The molecule has 0 fully saturated rings. The molecule has 0 radical (unpaired) electrons. The van der Waals surface area contributed by atoms with Crippen LogP contribution in [0.5, 0.6) is 0 Å². The molecular formula is C14H24O4. The van der Waals surface area contributed by atoms with Gasteiger partial charge in [0, 0.05) is 7.11 Å². The van der Waals surface area contributed by atoms with Gasteiger partial charge < -0.3 is 14.2 Å². The summed E-state index contributed by atoms with van der Waals surface area (Å²) in [5.41, 5.74) is 0.653. The van der Waals surface area contributed by atoms with E-state index < -0.39 is 0 Å². The van der Waals surface area contributed by atoms with Crippen LogP contribution in [0.25, 0.3) is 0 Å². The van der Waals surface area contributed by atoms with Crippen molar-refractivity contribution in [3.8, 4) is 0 Å². The molecule has 1 aliphatic rings. The summed E-state index contributed by atoms with van der Waals surface area (Å²) in [5.74, 6) is 0.374. The Morgan fingerprint density at radius 2 is 2.06 bits per heavy atom. The molecule has 18 heavy (non-hydrogen) atoms. The SMILES string of the molecule is CCCCCC1C(C(=O)OCC)=C(C)OC1OC. The first-order valence-corrected chi connectivity index (χ1v) is 6.73. The fourth-order valence-electron chi connectivity index (χ4n) is 2.33. The topological polar surface area (TPSA) is 44.8 Å². The molecule has 104 valence electrons. The average Bonchev–Trinajstić information content (AvgIpc) is 2.66. The van der Waals surface area contributed by atoms with E-state index in [2.05, 4.69) is 6.92 Å². The number of methoxy groups -OCH3 is 1. The lowest BCUT2D eigenvalue weighted by molar-refractivity contribution is -0.140. The lowest BCUT2D eigenvalue weighted by Crippen LogP contribution is -2.24. The van der Waals surface area contributed by atoms with Crippen LogP contribution in [0.15, 0.2) is 11.3 Å². The molecule has 2 atom stereocenters. The van der Waals surface area contributed by atoms with Gasteiger partial charge in [0.2, 0.25) is 6.29 Å². The van der Waals surface area contributed by atoms with E-state index >= 15 is 0 Å². The first-order chi connectivity index (χ1) is 8.65. The third-order valence-electron chi connectivity index (χ3n) is 3.22. The highest BCUT2D eigenvalue weighted by molar-refractivity contribution is 5.90. The van der Waals surface area contributed by atoms with Gasteiger partial charge in [-0.05, 0) is 20.3 Å². The number of ether oxygens (including phenoxy) is 3. The molecular weight excluding hydrogens is 232 g/mol. The maximum absolute atomic E-state index is 11.9. The Hall–Kier alpha value is -1.03. The summed E-state index contributed by atoms with van der Waals surface area (Å²) in [6.07, 6.45) is 3.93. The maximum atomic E-state index is 11.9. The van der Waals surface area contributed by atoms with E-state index in [1.807, 2.05) is 6.92 Å². The monoisotopic (exact) mass is 256 g/mol. The fourth-order valence-corrected chi connectivity index (χ4v) is 2.33. The summed E-state index contributed by atoms with van der Waals surface area (Å²) < 4.78 is 16.0. The number of hydrogen-bond acceptors (Lipinski definition) is 4. The van der Waals surface area contributed by atoms with Crippen LogP contribution < -0.4 is 0 Å². The maximum Gasteiger partial charge on any atom is 0.337 e. The summed E-state index contributed by atoms with van der Waals surface area (Å²) in [7, 11) is 1.61. The van der Waals surface area contributed by atoms with Crippen LogP contribution in [-0.2, 0) is 19.0 Å². The number of esters is 1. The Kier molecular flexibility index (Phi) is 6.19. The normalized spacial score (nSPS) is 23.1. The molecule has 0 saturated heterocycles. The zero-order chi connectivity index (χ0) is 13.5. The molecule has 1 heterocycles. The standard InChI is InChI=1S/C14H24O4/c1-5-7-8-9-11-12(13(15)17-6-2)10(3)18-14(11)16-4/h11,14H,5-9H2,1-4H3. The minimum absolute atomic E-state index is 0.000556. The van der Waals surface area contributed by atoms with Crippen LogP contribution in [0, 0.1) is 5.92 Å². The summed E-state index contributed by atoms with van der Waals surface area (Å²) in [4.78, 5) is 11.9. The quantitative estimate of drug-likeness (QED) is 0.519. The molecule has 0 saturated carbocycles. The molecule has 0 aliphatic carbocycles. The van der Waals surface area contributed by atoms with Crippen LogP contribution in [-0.4, -0.2) is 26.0 Å². The first-order valence-electron chi connectivity index (χ1n) is 6.73. The van der Waals surface area contributed by atoms with Crippen LogP contribution in [0.1, 0.15) is 46.5 Å². The number of carbonyl (C=O) groups excluding carboxylic acids is 1. The zero-order valence-corrected chi connectivity index (χ0v) is 11.8. The van der Waals surface area contributed by atoms with Gasteiger partial charge in [0.25, 0.3) is 0 Å². The average molecular weight is 256 g/mol. The number of carbonyl (C=O) groups is 1. The summed E-state index contributed by atoms with van der Waals surface area (Å²) in [6, 6.07) is 0. The summed E-state index contributed by atoms with van der Waals surface area (Å²) in [5, 5.41) is 0. The first kappa shape index (κ1) is 15.0. The van der Waals surface area contributed by atoms with Crippen molar-refractivity contribution >= 4 is 5.97 Å². The van der Waals surface area contributed by atoms with Gasteiger partial charge in [-0.1, -0.05) is 26.2 Å². The molecule has 1 aliphatic heterocycles. The van der Waals surface area contributed by atoms with Gasteiger partial charge in [-0.2, -0.15) is 0 Å². The Labute approximate surface area is 109 Å². The molecule has 0 aromatic heterocycles. The Bertz CT molecular complexity index is 309. The Morgan fingerprint density at radius 1 is 1.33 bits per heavy atom. The van der Waals surface area contributed by atoms with Crippen molar-refractivity contribution in [1.29, 1.82) is 0 Å². The minimum Gasteiger partial charge on any atom is -0.468 e.